The second-order valence-electron chi connectivity index (χ2n) is 6.07. The van der Waals surface area contributed by atoms with Crippen molar-refractivity contribution in [1.82, 2.24) is 20.1 Å². The van der Waals surface area contributed by atoms with Gasteiger partial charge in [0.2, 0.25) is 0 Å². The third kappa shape index (κ3) is 3.38. The molecule has 2 aliphatic rings. The molecule has 2 aliphatic carbocycles. The predicted molar refractivity (Wildman–Crippen MR) is 76.0 cm³/mol. The SMILES string of the molecule is CS(=O)(=O)C1CCCC(n2cnc(CNC3CC3)n2)C1. The minimum atomic E-state index is -2.95. The summed E-state index contributed by atoms with van der Waals surface area (Å²) in [5.74, 6) is 0.804. The van der Waals surface area contributed by atoms with Crippen LogP contribution in [-0.2, 0) is 16.4 Å². The van der Waals surface area contributed by atoms with Crippen molar-refractivity contribution in [1.29, 1.82) is 0 Å². The van der Waals surface area contributed by atoms with Crippen molar-refractivity contribution in [3.05, 3.63) is 12.2 Å². The highest BCUT2D eigenvalue weighted by Crippen LogP contribution is 2.31. The number of aromatic nitrogens is 3. The van der Waals surface area contributed by atoms with Gasteiger partial charge < -0.3 is 5.32 Å². The van der Waals surface area contributed by atoms with Crippen LogP contribution in [0.25, 0.3) is 0 Å². The number of sulfone groups is 1. The summed E-state index contributed by atoms with van der Waals surface area (Å²) in [6.45, 7) is 0.708. The molecule has 0 aromatic carbocycles. The third-order valence-corrected chi connectivity index (χ3v) is 5.90. The van der Waals surface area contributed by atoms with Crippen LogP contribution in [0.15, 0.2) is 6.33 Å². The number of nitrogens with one attached hydrogen (secondary N) is 1. The van der Waals surface area contributed by atoms with Crippen molar-refractivity contribution >= 4 is 9.84 Å². The number of hydrogen-bond donors (Lipinski definition) is 1. The Morgan fingerprint density at radius 3 is 2.85 bits per heavy atom. The van der Waals surface area contributed by atoms with E-state index >= 15 is 0 Å². The first-order valence-electron chi connectivity index (χ1n) is 7.34. The normalized spacial score (nSPS) is 27.6. The predicted octanol–water partition coefficient (Wildman–Crippen LogP) is 1.06. The maximum absolute atomic E-state index is 11.7. The maximum atomic E-state index is 11.7. The van der Waals surface area contributed by atoms with Gasteiger partial charge in [0.05, 0.1) is 17.8 Å². The zero-order chi connectivity index (χ0) is 14.2. The number of nitrogens with zero attached hydrogens (tertiary/aromatic N) is 3. The maximum Gasteiger partial charge on any atom is 0.164 e. The molecule has 7 heteroatoms. The highest BCUT2D eigenvalue weighted by Gasteiger charge is 2.30. The second kappa shape index (κ2) is 5.44. The van der Waals surface area contributed by atoms with E-state index < -0.39 is 9.84 Å². The first kappa shape index (κ1) is 14.0. The van der Waals surface area contributed by atoms with Crippen molar-refractivity contribution in [2.24, 2.45) is 0 Å². The Bertz CT molecular complexity index is 565. The minimum absolute atomic E-state index is 0.172. The summed E-state index contributed by atoms with van der Waals surface area (Å²) >= 11 is 0. The summed E-state index contributed by atoms with van der Waals surface area (Å²) in [5.41, 5.74) is 0. The standard InChI is InChI=1S/C13H22N4O2S/c1-20(18,19)12-4-2-3-11(7-12)17-9-15-13(16-17)8-14-10-5-6-10/h9-12,14H,2-8H2,1H3. The van der Waals surface area contributed by atoms with Gasteiger partial charge in [-0.3, -0.25) is 0 Å². The van der Waals surface area contributed by atoms with E-state index in [4.69, 9.17) is 0 Å². The largest absolute Gasteiger partial charge is 0.307 e. The van der Waals surface area contributed by atoms with Crippen LogP contribution in [0.3, 0.4) is 0 Å². The lowest BCUT2D eigenvalue weighted by Crippen LogP contribution is -2.29. The quantitative estimate of drug-likeness (QED) is 0.879. The molecule has 0 bridgehead atoms. The Labute approximate surface area is 119 Å². The molecule has 2 saturated carbocycles. The molecule has 1 heterocycles. The van der Waals surface area contributed by atoms with E-state index in [1.165, 1.54) is 19.1 Å². The average molecular weight is 298 g/mol. The molecule has 1 aromatic rings. The average Bonchev–Trinajstić information content (AvgIpc) is 3.12. The van der Waals surface area contributed by atoms with E-state index in [0.717, 1.165) is 25.1 Å². The summed E-state index contributed by atoms with van der Waals surface area (Å²) in [7, 11) is -2.95. The van der Waals surface area contributed by atoms with Crippen molar-refractivity contribution in [2.45, 2.75) is 62.4 Å². The molecule has 0 radical (unpaired) electrons. The molecule has 1 N–H and O–H groups in total. The van der Waals surface area contributed by atoms with E-state index in [-0.39, 0.29) is 11.3 Å². The van der Waals surface area contributed by atoms with Gasteiger partial charge in [-0.1, -0.05) is 6.42 Å². The summed E-state index contributed by atoms with van der Waals surface area (Å²) in [6, 6.07) is 0.817. The lowest BCUT2D eigenvalue weighted by atomic mass is 9.95. The molecule has 1 aromatic heterocycles. The lowest BCUT2D eigenvalue weighted by molar-refractivity contribution is 0.327. The van der Waals surface area contributed by atoms with Crippen LogP contribution in [0.4, 0.5) is 0 Å². The fraction of sp³-hybridized carbons (Fsp3) is 0.846. The van der Waals surface area contributed by atoms with Crippen LogP contribution in [-0.4, -0.2) is 40.7 Å². The Morgan fingerprint density at radius 2 is 2.15 bits per heavy atom. The monoisotopic (exact) mass is 298 g/mol. The smallest absolute Gasteiger partial charge is 0.164 e. The summed E-state index contributed by atoms with van der Waals surface area (Å²) in [5, 5.41) is 7.66. The van der Waals surface area contributed by atoms with Crippen LogP contribution in [0.5, 0.6) is 0 Å². The second-order valence-corrected chi connectivity index (χ2v) is 8.39. The molecule has 2 fully saturated rings. The Balaban J connectivity index is 1.62. The molecule has 0 aliphatic heterocycles. The van der Waals surface area contributed by atoms with Gasteiger partial charge in [-0.15, -0.1) is 0 Å². The molecular formula is C13H22N4O2S. The van der Waals surface area contributed by atoms with Gasteiger partial charge in [-0.2, -0.15) is 5.10 Å². The molecule has 0 amide bonds. The van der Waals surface area contributed by atoms with Gasteiger partial charge in [0.25, 0.3) is 0 Å². The van der Waals surface area contributed by atoms with Crippen molar-refractivity contribution in [3.8, 4) is 0 Å². The molecule has 20 heavy (non-hydrogen) atoms. The fourth-order valence-corrected chi connectivity index (χ4v) is 4.01. The van der Waals surface area contributed by atoms with Gasteiger partial charge in [-0.25, -0.2) is 18.1 Å². The first-order valence-corrected chi connectivity index (χ1v) is 9.30. The molecule has 2 atom stereocenters. The van der Waals surface area contributed by atoms with Gasteiger partial charge in [0.1, 0.15) is 16.2 Å². The number of rotatable bonds is 5. The molecule has 2 unspecified atom stereocenters. The number of hydrogen-bond acceptors (Lipinski definition) is 5. The minimum Gasteiger partial charge on any atom is -0.307 e. The fourth-order valence-electron chi connectivity index (χ4n) is 2.84. The molecule has 112 valence electrons. The summed E-state index contributed by atoms with van der Waals surface area (Å²) in [6.07, 6.45) is 8.96. The van der Waals surface area contributed by atoms with Crippen molar-refractivity contribution in [2.75, 3.05) is 6.26 Å². The highest BCUT2D eigenvalue weighted by atomic mass is 32.2. The Hall–Kier alpha value is -0.950. The Kier molecular flexibility index (Phi) is 3.81. The van der Waals surface area contributed by atoms with Gasteiger partial charge >= 0.3 is 0 Å². The van der Waals surface area contributed by atoms with Crippen molar-refractivity contribution < 1.29 is 8.42 Å². The van der Waals surface area contributed by atoms with E-state index in [1.54, 1.807) is 6.33 Å². The van der Waals surface area contributed by atoms with E-state index in [9.17, 15) is 8.42 Å². The summed E-state index contributed by atoms with van der Waals surface area (Å²) < 4.78 is 25.3. The van der Waals surface area contributed by atoms with E-state index in [0.29, 0.717) is 19.0 Å². The first-order chi connectivity index (χ1) is 9.52. The Morgan fingerprint density at radius 1 is 1.35 bits per heavy atom. The molecular weight excluding hydrogens is 276 g/mol. The molecule has 0 saturated heterocycles. The topological polar surface area (TPSA) is 76.9 Å². The highest BCUT2D eigenvalue weighted by molar-refractivity contribution is 7.91. The van der Waals surface area contributed by atoms with Crippen LogP contribution < -0.4 is 5.32 Å². The van der Waals surface area contributed by atoms with Gasteiger partial charge in [0.15, 0.2) is 5.82 Å². The zero-order valence-corrected chi connectivity index (χ0v) is 12.6. The van der Waals surface area contributed by atoms with Gasteiger partial charge in [-0.05, 0) is 32.1 Å². The summed E-state index contributed by atoms with van der Waals surface area (Å²) in [4.78, 5) is 4.32. The lowest BCUT2D eigenvalue weighted by Gasteiger charge is -2.27. The molecule has 3 rings (SSSR count). The third-order valence-electron chi connectivity index (χ3n) is 4.26. The van der Waals surface area contributed by atoms with Crippen LogP contribution >= 0.6 is 0 Å². The molecule has 6 nitrogen and oxygen atoms in total. The van der Waals surface area contributed by atoms with Crippen LogP contribution in [0, 0.1) is 0 Å². The van der Waals surface area contributed by atoms with E-state index in [2.05, 4.69) is 15.4 Å². The van der Waals surface area contributed by atoms with Gasteiger partial charge in [0, 0.05) is 12.3 Å². The van der Waals surface area contributed by atoms with E-state index in [1.807, 2.05) is 4.68 Å². The zero-order valence-electron chi connectivity index (χ0n) is 11.8. The van der Waals surface area contributed by atoms with Crippen molar-refractivity contribution in [3.63, 3.8) is 0 Å². The molecule has 0 spiro atoms. The van der Waals surface area contributed by atoms with Crippen LogP contribution in [0.1, 0.15) is 50.4 Å². The van der Waals surface area contributed by atoms with Crippen LogP contribution in [0.2, 0.25) is 0 Å².